The number of carbonyl (C=O) groups excluding carboxylic acids is 4. The Morgan fingerprint density at radius 1 is 1.23 bits per heavy atom. The number of hydrogen-bond acceptors (Lipinski definition) is 7. The number of nitrogens with zero attached hydrogens (tertiary/aromatic N) is 2. The van der Waals surface area contributed by atoms with E-state index in [2.05, 4.69) is 11.9 Å². The highest BCUT2D eigenvalue weighted by Crippen LogP contribution is 2.30. The molecule has 0 aromatic heterocycles. The quantitative estimate of drug-likeness (QED) is 0.412. The normalized spacial score (nSPS) is 24.3. The first-order chi connectivity index (χ1) is 14.1. The van der Waals surface area contributed by atoms with Crippen LogP contribution in [0.1, 0.15) is 40.0 Å². The summed E-state index contributed by atoms with van der Waals surface area (Å²) in [5.74, 6) is -0.954. The summed E-state index contributed by atoms with van der Waals surface area (Å²) >= 11 is 0. The molecule has 0 radical (unpaired) electrons. The van der Waals surface area contributed by atoms with Crippen molar-refractivity contribution in [1.29, 1.82) is 0 Å². The fourth-order valence-corrected chi connectivity index (χ4v) is 3.69. The van der Waals surface area contributed by atoms with Gasteiger partial charge >= 0.3 is 18.2 Å². The lowest BCUT2D eigenvalue weighted by Crippen LogP contribution is -2.60. The molecule has 3 atom stereocenters. The van der Waals surface area contributed by atoms with Crippen molar-refractivity contribution in [3.05, 3.63) is 12.7 Å². The van der Waals surface area contributed by atoms with E-state index in [9.17, 15) is 19.2 Å². The summed E-state index contributed by atoms with van der Waals surface area (Å²) in [5.41, 5.74) is -0.762. The molecule has 168 valence electrons. The number of esters is 1. The largest absolute Gasteiger partial charge is 0.467 e. The van der Waals surface area contributed by atoms with E-state index in [0.29, 0.717) is 25.8 Å². The van der Waals surface area contributed by atoms with Crippen LogP contribution in [0.5, 0.6) is 0 Å². The lowest BCUT2D eigenvalue weighted by atomic mass is 10.1. The molecule has 3 amide bonds. The SMILES string of the molecule is C=CCOC(=O)N1CC[C@H]2CC[C@@H](C(=O)OC)N2C(=O)[C@@H](NC(=O)OC(C)(C)C)C1. The van der Waals surface area contributed by atoms with Crippen LogP contribution in [-0.2, 0) is 23.8 Å². The van der Waals surface area contributed by atoms with Gasteiger partial charge in [-0.3, -0.25) is 4.79 Å². The van der Waals surface area contributed by atoms with Gasteiger partial charge < -0.3 is 29.3 Å². The first-order valence-corrected chi connectivity index (χ1v) is 9.99. The van der Waals surface area contributed by atoms with Crippen molar-refractivity contribution in [3.63, 3.8) is 0 Å². The van der Waals surface area contributed by atoms with Gasteiger partial charge in [0.1, 0.15) is 24.3 Å². The van der Waals surface area contributed by atoms with Crippen LogP contribution in [0.4, 0.5) is 9.59 Å². The second-order valence-electron chi connectivity index (χ2n) is 8.31. The predicted octanol–water partition coefficient (Wildman–Crippen LogP) is 1.44. The molecular weight excluding hydrogens is 394 g/mol. The highest BCUT2D eigenvalue weighted by Gasteiger charge is 2.46. The molecule has 10 heteroatoms. The molecular formula is C20H31N3O7. The third-order valence-corrected chi connectivity index (χ3v) is 4.94. The molecule has 0 spiro atoms. The van der Waals surface area contributed by atoms with Crippen molar-refractivity contribution in [1.82, 2.24) is 15.1 Å². The Labute approximate surface area is 176 Å². The number of hydrogen-bond donors (Lipinski definition) is 1. The van der Waals surface area contributed by atoms with Crippen LogP contribution >= 0.6 is 0 Å². The van der Waals surface area contributed by atoms with Gasteiger partial charge in [0.05, 0.1) is 13.7 Å². The summed E-state index contributed by atoms with van der Waals surface area (Å²) in [5, 5.41) is 2.55. The van der Waals surface area contributed by atoms with Gasteiger partial charge in [-0.1, -0.05) is 12.7 Å². The fraction of sp³-hybridized carbons (Fsp3) is 0.700. The van der Waals surface area contributed by atoms with E-state index in [0.717, 1.165) is 0 Å². The molecule has 0 aromatic carbocycles. The first-order valence-electron chi connectivity index (χ1n) is 9.99. The molecule has 0 aromatic rings. The van der Waals surface area contributed by atoms with E-state index in [1.165, 1.54) is 23.0 Å². The Balaban J connectivity index is 2.27. The third-order valence-electron chi connectivity index (χ3n) is 4.94. The zero-order valence-corrected chi connectivity index (χ0v) is 18.0. The second-order valence-corrected chi connectivity index (χ2v) is 8.31. The average Bonchev–Trinajstić information content (AvgIpc) is 3.08. The summed E-state index contributed by atoms with van der Waals surface area (Å²) in [6.07, 6.45) is 1.61. The maximum atomic E-state index is 13.3. The molecule has 1 N–H and O–H groups in total. The van der Waals surface area contributed by atoms with Gasteiger partial charge in [0.15, 0.2) is 0 Å². The number of rotatable bonds is 4. The van der Waals surface area contributed by atoms with Crippen LogP contribution in [0, 0.1) is 0 Å². The van der Waals surface area contributed by atoms with E-state index in [1.54, 1.807) is 20.8 Å². The molecule has 0 bridgehead atoms. The van der Waals surface area contributed by atoms with Gasteiger partial charge in [-0.15, -0.1) is 0 Å². The number of fused-ring (bicyclic) bond motifs is 1. The highest BCUT2D eigenvalue weighted by atomic mass is 16.6. The van der Waals surface area contributed by atoms with Gasteiger partial charge in [0, 0.05) is 12.6 Å². The van der Waals surface area contributed by atoms with Gasteiger partial charge in [-0.2, -0.15) is 0 Å². The third kappa shape index (κ3) is 5.87. The van der Waals surface area contributed by atoms with Gasteiger partial charge in [-0.05, 0) is 40.0 Å². The van der Waals surface area contributed by atoms with Crippen LogP contribution in [0.25, 0.3) is 0 Å². The number of amides is 3. The lowest BCUT2D eigenvalue weighted by molar-refractivity contribution is -0.153. The van der Waals surface area contributed by atoms with Crippen molar-refractivity contribution in [2.24, 2.45) is 0 Å². The maximum absolute atomic E-state index is 13.3. The zero-order valence-electron chi connectivity index (χ0n) is 18.0. The Morgan fingerprint density at radius 3 is 2.53 bits per heavy atom. The molecule has 2 fully saturated rings. The zero-order chi connectivity index (χ0) is 22.5. The van der Waals surface area contributed by atoms with Crippen molar-refractivity contribution in [2.45, 2.75) is 63.8 Å². The summed E-state index contributed by atoms with van der Waals surface area (Å²) in [6, 6.07) is -2.06. The second kappa shape index (κ2) is 9.82. The minimum atomic E-state index is -1.09. The Bertz CT molecular complexity index is 688. The number of alkyl carbamates (subject to hydrolysis) is 1. The van der Waals surface area contributed by atoms with E-state index in [1.807, 2.05) is 0 Å². The number of nitrogens with one attached hydrogen (secondary N) is 1. The van der Waals surface area contributed by atoms with Crippen LogP contribution in [0.2, 0.25) is 0 Å². The number of methoxy groups -OCH3 is 1. The summed E-state index contributed by atoms with van der Waals surface area (Å²) < 4.78 is 15.2. The van der Waals surface area contributed by atoms with Crippen molar-refractivity contribution in [3.8, 4) is 0 Å². The number of carbonyl (C=O) groups is 4. The van der Waals surface area contributed by atoms with Gasteiger partial charge in [0.25, 0.3) is 0 Å². The lowest BCUT2D eigenvalue weighted by Gasteiger charge is -2.38. The van der Waals surface area contributed by atoms with E-state index in [-0.39, 0.29) is 19.2 Å². The molecule has 10 nitrogen and oxygen atoms in total. The first kappa shape index (κ1) is 23.5. The molecule has 0 saturated carbocycles. The van der Waals surface area contributed by atoms with E-state index < -0.39 is 41.7 Å². The maximum Gasteiger partial charge on any atom is 0.410 e. The summed E-state index contributed by atoms with van der Waals surface area (Å²) in [4.78, 5) is 53.2. The Kier molecular flexibility index (Phi) is 7.69. The van der Waals surface area contributed by atoms with Crippen LogP contribution in [0.3, 0.4) is 0 Å². The average molecular weight is 425 g/mol. The predicted molar refractivity (Wildman–Crippen MR) is 107 cm³/mol. The topological polar surface area (TPSA) is 114 Å². The van der Waals surface area contributed by atoms with E-state index >= 15 is 0 Å². The standard InChI is InChI=1S/C20H31N3O7/c1-6-11-29-19(27)22-10-9-13-7-8-15(17(25)28-5)23(13)16(24)14(12-22)21-18(26)30-20(2,3)4/h6,13-15H,1,7-12H2,2-5H3,(H,21,26)/t13-,14+,15+/m1/s1. The molecule has 2 rings (SSSR count). The highest BCUT2D eigenvalue weighted by molar-refractivity contribution is 5.91. The monoisotopic (exact) mass is 425 g/mol. The van der Waals surface area contributed by atoms with Crippen LogP contribution < -0.4 is 5.32 Å². The van der Waals surface area contributed by atoms with Crippen molar-refractivity contribution in [2.75, 3.05) is 26.8 Å². The van der Waals surface area contributed by atoms with Gasteiger partial charge in [0.2, 0.25) is 5.91 Å². The molecule has 2 heterocycles. The van der Waals surface area contributed by atoms with Gasteiger partial charge in [-0.25, -0.2) is 14.4 Å². The summed E-state index contributed by atoms with van der Waals surface area (Å²) in [6.45, 7) is 8.86. The molecule has 2 aliphatic rings. The minimum absolute atomic E-state index is 0.0351. The van der Waals surface area contributed by atoms with Crippen LogP contribution in [-0.4, -0.2) is 84.4 Å². The summed E-state index contributed by atoms with van der Waals surface area (Å²) in [7, 11) is 1.28. The molecule has 30 heavy (non-hydrogen) atoms. The molecule has 0 unspecified atom stereocenters. The smallest absolute Gasteiger partial charge is 0.410 e. The fourth-order valence-electron chi connectivity index (χ4n) is 3.69. The van der Waals surface area contributed by atoms with Crippen molar-refractivity contribution < 1.29 is 33.4 Å². The van der Waals surface area contributed by atoms with Crippen LogP contribution in [0.15, 0.2) is 12.7 Å². The van der Waals surface area contributed by atoms with Crippen molar-refractivity contribution >= 4 is 24.1 Å². The number of ether oxygens (including phenoxy) is 3. The minimum Gasteiger partial charge on any atom is -0.467 e. The Hall–Kier alpha value is -2.78. The Morgan fingerprint density at radius 2 is 1.93 bits per heavy atom. The molecule has 2 saturated heterocycles. The molecule has 2 aliphatic heterocycles. The molecule has 0 aliphatic carbocycles. The van der Waals surface area contributed by atoms with E-state index in [4.69, 9.17) is 14.2 Å².